The van der Waals surface area contributed by atoms with E-state index < -0.39 is 16.1 Å². The van der Waals surface area contributed by atoms with Gasteiger partial charge in [-0.15, -0.1) is 4.40 Å². The van der Waals surface area contributed by atoms with Crippen LogP contribution < -0.4 is 5.32 Å². The number of fused-ring (bicyclic) bond motifs is 1. The van der Waals surface area contributed by atoms with Gasteiger partial charge in [-0.3, -0.25) is 4.79 Å². The first kappa shape index (κ1) is 18.8. The number of methoxy groups -OCH3 is 1. The molecule has 2 aliphatic rings. The molecule has 142 valence electrons. The smallest absolute Gasteiger partial charge is 0.285 e. The third kappa shape index (κ3) is 3.89. The van der Waals surface area contributed by atoms with E-state index in [4.69, 9.17) is 9.47 Å². The molecule has 0 aromatic heterocycles. The highest BCUT2D eigenvalue weighted by Gasteiger charge is 2.38. The van der Waals surface area contributed by atoms with Crippen LogP contribution in [0.2, 0.25) is 0 Å². The normalized spacial score (nSPS) is 20.7. The topological polar surface area (TPSA) is 97.3 Å². The van der Waals surface area contributed by atoms with Crippen molar-refractivity contribution in [3.8, 4) is 0 Å². The molecule has 0 unspecified atom stereocenters. The maximum absolute atomic E-state index is 12.5. The van der Waals surface area contributed by atoms with E-state index in [1.807, 2.05) is 0 Å². The summed E-state index contributed by atoms with van der Waals surface area (Å²) in [6.07, 6.45) is 1.47. The monoisotopic (exact) mass is 381 g/mol. The molecular formula is C17H23N3O5S. The number of ether oxygens (including phenoxy) is 2. The fourth-order valence-corrected chi connectivity index (χ4v) is 4.41. The van der Waals surface area contributed by atoms with E-state index in [9.17, 15) is 13.2 Å². The van der Waals surface area contributed by atoms with Crippen LogP contribution in [-0.4, -0.2) is 71.1 Å². The number of hydrogen-bond acceptors (Lipinski definition) is 6. The summed E-state index contributed by atoms with van der Waals surface area (Å²) in [5.74, 6) is 0.233. The van der Waals surface area contributed by atoms with Crippen LogP contribution in [-0.2, 0) is 24.3 Å². The van der Waals surface area contributed by atoms with E-state index in [1.165, 1.54) is 0 Å². The molecule has 1 fully saturated rings. The Kier molecular flexibility index (Phi) is 5.90. The van der Waals surface area contributed by atoms with Gasteiger partial charge in [0, 0.05) is 25.8 Å². The van der Waals surface area contributed by atoms with Gasteiger partial charge in [-0.25, -0.2) is 0 Å². The number of amidine groups is 1. The number of likely N-dealkylation sites (tertiary alicyclic amines) is 1. The zero-order valence-electron chi connectivity index (χ0n) is 14.7. The molecule has 0 saturated carbocycles. The van der Waals surface area contributed by atoms with Gasteiger partial charge in [-0.1, -0.05) is 12.1 Å². The van der Waals surface area contributed by atoms with Gasteiger partial charge in [0.1, 0.15) is 10.9 Å². The van der Waals surface area contributed by atoms with Gasteiger partial charge in [0.2, 0.25) is 5.91 Å². The van der Waals surface area contributed by atoms with Gasteiger partial charge in [0.05, 0.1) is 19.8 Å². The van der Waals surface area contributed by atoms with Gasteiger partial charge in [-0.05, 0) is 25.0 Å². The molecule has 8 nitrogen and oxygen atoms in total. The van der Waals surface area contributed by atoms with Gasteiger partial charge < -0.3 is 19.7 Å². The molecule has 26 heavy (non-hydrogen) atoms. The molecule has 9 heteroatoms. The zero-order valence-corrected chi connectivity index (χ0v) is 15.5. The minimum absolute atomic E-state index is 0.137. The lowest BCUT2D eigenvalue weighted by Crippen LogP contribution is -2.46. The highest BCUT2D eigenvalue weighted by molar-refractivity contribution is 7.90. The molecule has 0 aliphatic carbocycles. The highest BCUT2D eigenvalue weighted by Crippen LogP contribution is 2.31. The largest absolute Gasteiger partial charge is 0.382 e. The minimum Gasteiger partial charge on any atom is -0.382 e. The van der Waals surface area contributed by atoms with Crippen molar-refractivity contribution in [2.24, 2.45) is 4.40 Å². The minimum atomic E-state index is -3.69. The summed E-state index contributed by atoms with van der Waals surface area (Å²) in [7, 11) is -2.09. The Morgan fingerprint density at radius 2 is 2.12 bits per heavy atom. The third-order valence-corrected chi connectivity index (χ3v) is 5.74. The predicted molar refractivity (Wildman–Crippen MR) is 95.6 cm³/mol. The van der Waals surface area contributed by atoms with Gasteiger partial charge in [0.25, 0.3) is 10.0 Å². The van der Waals surface area contributed by atoms with Crippen LogP contribution in [0, 0.1) is 0 Å². The molecule has 1 N–H and O–H groups in total. The van der Waals surface area contributed by atoms with Crippen LogP contribution in [0.3, 0.4) is 0 Å². The van der Waals surface area contributed by atoms with Crippen LogP contribution in [0.5, 0.6) is 0 Å². The first-order valence-electron chi connectivity index (χ1n) is 8.60. The summed E-state index contributed by atoms with van der Waals surface area (Å²) in [5, 5.41) is 2.85. The molecule has 3 rings (SSSR count). The Balaban J connectivity index is 1.65. The van der Waals surface area contributed by atoms with E-state index >= 15 is 0 Å². The summed E-state index contributed by atoms with van der Waals surface area (Å²) in [6.45, 7) is 2.39. The second-order valence-corrected chi connectivity index (χ2v) is 7.71. The van der Waals surface area contributed by atoms with Crippen LogP contribution in [0.4, 0.5) is 0 Å². The van der Waals surface area contributed by atoms with Crippen LogP contribution >= 0.6 is 0 Å². The molecule has 1 atom stereocenters. The lowest BCUT2D eigenvalue weighted by Gasteiger charge is -2.25. The van der Waals surface area contributed by atoms with E-state index in [0.29, 0.717) is 50.7 Å². The van der Waals surface area contributed by atoms with Crippen molar-refractivity contribution in [2.75, 3.05) is 40.0 Å². The first-order valence-corrected chi connectivity index (χ1v) is 10.0. The average Bonchev–Trinajstić information content (AvgIpc) is 3.21. The number of carbonyl (C=O) groups is 1. The van der Waals surface area contributed by atoms with E-state index in [0.717, 1.165) is 6.42 Å². The average molecular weight is 381 g/mol. The van der Waals surface area contributed by atoms with Crippen molar-refractivity contribution in [1.29, 1.82) is 0 Å². The molecule has 1 aromatic rings. The zero-order chi connectivity index (χ0) is 18.6. The number of amides is 1. The Labute approximate surface area is 153 Å². The molecule has 1 amide bonds. The summed E-state index contributed by atoms with van der Waals surface area (Å²) in [6, 6.07) is 6.30. The number of nitrogens with one attached hydrogen (secondary N) is 1. The highest BCUT2D eigenvalue weighted by atomic mass is 32.2. The number of benzene rings is 1. The Morgan fingerprint density at radius 1 is 1.31 bits per heavy atom. The number of sulfonamides is 1. The van der Waals surface area contributed by atoms with Crippen molar-refractivity contribution < 1.29 is 22.7 Å². The Morgan fingerprint density at radius 3 is 2.92 bits per heavy atom. The molecule has 0 radical (unpaired) electrons. The summed E-state index contributed by atoms with van der Waals surface area (Å²) >= 11 is 0. The van der Waals surface area contributed by atoms with Crippen LogP contribution in [0.15, 0.2) is 33.6 Å². The third-order valence-electron chi connectivity index (χ3n) is 4.42. The van der Waals surface area contributed by atoms with Gasteiger partial charge in [-0.2, -0.15) is 8.42 Å². The fourth-order valence-electron chi connectivity index (χ4n) is 3.20. The number of carbonyl (C=O) groups excluding carboxylic acids is 1. The van der Waals surface area contributed by atoms with E-state index in [-0.39, 0.29) is 10.8 Å². The summed E-state index contributed by atoms with van der Waals surface area (Å²) < 4.78 is 38.7. The van der Waals surface area contributed by atoms with Crippen molar-refractivity contribution in [1.82, 2.24) is 10.2 Å². The van der Waals surface area contributed by atoms with Gasteiger partial charge >= 0.3 is 0 Å². The summed E-state index contributed by atoms with van der Waals surface area (Å²) in [4.78, 5) is 14.5. The van der Waals surface area contributed by atoms with Crippen molar-refractivity contribution in [3.05, 3.63) is 29.8 Å². The molecule has 0 bridgehead atoms. The first-order chi connectivity index (χ1) is 12.5. The molecule has 0 spiro atoms. The van der Waals surface area contributed by atoms with Crippen molar-refractivity contribution in [2.45, 2.75) is 23.8 Å². The van der Waals surface area contributed by atoms with Crippen molar-refractivity contribution >= 4 is 21.8 Å². The lowest BCUT2D eigenvalue weighted by atomic mass is 10.1. The van der Waals surface area contributed by atoms with E-state index in [2.05, 4.69) is 9.71 Å². The second kappa shape index (κ2) is 8.15. The molecule has 2 aliphatic heterocycles. The molecule has 1 aromatic carbocycles. The maximum atomic E-state index is 12.5. The Bertz CT molecular complexity index is 793. The molecule has 2 heterocycles. The van der Waals surface area contributed by atoms with E-state index in [1.54, 1.807) is 36.3 Å². The SMILES string of the molecule is COCCOCCNC(=O)[C@@H]1CCCN1C1=NS(=O)(=O)c2ccccc21. The molecular weight excluding hydrogens is 358 g/mol. The standard InChI is InChI=1S/C17H23N3O5S/c1-24-11-12-25-10-8-18-17(21)14-6-4-9-20(14)16-13-5-2-3-7-15(13)26(22,23)19-16/h2-3,5,7,14H,4,6,8-12H2,1H3,(H,18,21)/t14-/m0/s1. The lowest BCUT2D eigenvalue weighted by molar-refractivity contribution is -0.124. The van der Waals surface area contributed by atoms with Crippen molar-refractivity contribution in [3.63, 3.8) is 0 Å². The Hall–Kier alpha value is -1.97. The molecule has 1 saturated heterocycles. The number of hydrogen-bond donors (Lipinski definition) is 1. The second-order valence-electron chi connectivity index (χ2n) is 6.13. The number of nitrogens with zero attached hydrogens (tertiary/aromatic N) is 2. The predicted octanol–water partition coefficient (Wildman–Crippen LogP) is 0.379. The number of rotatable bonds is 7. The maximum Gasteiger partial charge on any atom is 0.285 e. The fraction of sp³-hybridized carbons (Fsp3) is 0.529. The van der Waals surface area contributed by atoms with Gasteiger partial charge in [0.15, 0.2) is 5.84 Å². The summed E-state index contributed by atoms with van der Waals surface area (Å²) in [5.41, 5.74) is 0.565. The van der Waals surface area contributed by atoms with Crippen LogP contribution in [0.25, 0.3) is 0 Å². The van der Waals surface area contributed by atoms with Crippen LogP contribution in [0.1, 0.15) is 18.4 Å². The quantitative estimate of drug-likeness (QED) is 0.686.